The zero-order chi connectivity index (χ0) is 15.6. The first-order valence-corrected chi connectivity index (χ1v) is 6.51. The predicted molar refractivity (Wildman–Crippen MR) is 80.4 cm³/mol. The van der Waals surface area contributed by atoms with Gasteiger partial charge >= 0.3 is 5.69 Å². The van der Waals surface area contributed by atoms with E-state index in [-0.39, 0.29) is 17.8 Å². The average molecular weight is 305 g/mol. The first kappa shape index (κ1) is 14.9. The van der Waals surface area contributed by atoms with Crippen molar-refractivity contribution in [3.05, 3.63) is 61.4 Å². The fraction of sp³-hybridized carbons (Fsp3) is 0.214. The number of nitrogens with one attached hydrogen (secondary N) is 1. The van der Waals surface area contributed by atoms with Crippen LogP contribution in [0.25, 0.3) is 0 Å². The molecular weight excluding hydrogens is 292 g/mol. The summed E-state index contributed by atoms with van der Waals surface area (Å²) in [5.41, 5.74) is 0.797. The minimum atomic E-state index is -0.375. The molecule has 0 saturated heterocycles. The van der Waals surface area contributed by atoms with Gasteiger partial charge in [-0.1, -0.05) is 11.6 Å². The second-order valence-electron chi connectivity index (χ2n) is 4.57. The van der Waals surface area contributed by atoms with Gasteiger partial charge in [-0.05, 0) is 18.2 Å². The number of rotatable bonds is 3. The molecule has 6 nitrogen and oxygen atoms in total. The fourth-order valence-electron chi connectivity index (χ4n) is 1.92. The van der Waals surface area contributed by atoms with Crippen molar-refractivity contribution in [1.82, 2.24) is 9.13 Å². The summed E-state index contributed by atoms with van der Waals surface area (Å²) < 4.78 is 2.40. The van der Waals surface area contributed by atoms with Gasteiger partial charge in [-0.15, -0.1) is 0 Å². The van der Waals surface area contributed by atoms with Gasteiger partial charge in [0.1, 0.15) is 0 Å². The third kappa shape index (κ3) is 2.98. The molecular formula is C14H13ClN4O2. The van der Waals surface area contributed by atoms with Gasteiger partial charge in [-0.2, -0.15) is 5.26 Å². The third-order valence-corrected chi connectivity index (χ3v) is 3.40. The summed E-state index contributed by atoms with van der Waals surface area (Å²) in [6.07, 6.45) is 1.50. The summed E-state index contributed by atoms with van der Waals surface area (Å²) in [6, 6.07) is 6.85. The summed E-state index contributed by atoms with van der Waals surface area (Å²) >= 11 is 6.05. The monoisotopic (exact) mass is 304 g/mol. The van der Waals surface area contributed by atoms with Gasteiger partial charge in [0.05, 0.1) is 27.9 Å². The molecule has 0 unspecified atom stereocenters. The molecule has 0 fully saturated rings. The predicted octanol–water partition coefficient (Wildman–Crippen LogP) is 1.22. The Hall–Kier alpha value is -2.52. The summed E-state index contributed by atoms with van der Waals surface area (Å²) in [7, 11) is 3.02. The normalized spacial score (nSPS) is 10.2. The van der Waals surface area contributed by atoms with Crippen LogP contribution in [-0.2, 0) is 20.6 Å². The Morgan fingerprint density at radius 1 is 1.33 bits per heavy atom. The van der Waals surface area contributed by atoms with E-state index in [1.807, 2.05) is 6.07 Å². The van der Waals surface area contributed by atoms with E-state index in [1.165, 1.54) is 17.8 Å². The van der Waals surface area contributed by atoms with E-state index >= 15 is 0 Å². The average Bonchev–Trinajstić information content (AvgIpc) is 2.48. The van der Waals surface area contributed by atoms with Crippen LogP contribution in [0.1, 0.15) is 11.1 Å². The maximum Gasteiger partial charge on any atom is 0.330 e. The highest BCUT2D eigenvalue weighted by molar-refractivity contribution is 6.33. The molecule has 0 aliphatic carbocycles. The van der Waals surface area contributed by atoms with E-state index < -0.39 is 0 Å². The molecule has 1 N–H and O–H groups in total. The van der Waals surface area contributed by atoms with Crippen LogP contribution in [0.15, 0.2) is 34.0 Å². The molecule has 0 aliphatic heterocycles. The van der Waals surface area contributed by atoms with Gasteiger partial charge in [0.25, 0.3) is 5.56 Å². The number of hydrogen-bond donors (Lipinski definition) is 1. The van der Waals surface area contributed by atoms with Crippen molar-refractivity contribution in [2.24, 2.45) is 14.1 Å². The first-order chi connectivity index (χ1) is 9.93. The Morgan fingerprint density at radius 2 is 2.05 bits per heavy atom. The fourth-order valence-corrected chi connectivity index (χ4v) is 2.17. The highest BCUT2D eigenvalue weighted by Gasteiger charge is 2.08. The van der Waals surface area contributed by atoms with Crippen molar-refractivity contribution in [1.29, 1.82) is 5.26 Å². The molecule has 108 valence electrons. The molecule has 1 aromatic carbocycles. The molecule has 7 heteroatoms. The zero-order valence-corrected chi connectivity index (χ0v) is 12.3. The van der Waals surface area contributed by atoms with E-state index in [0.29, 0.717) is 21.8 Å². The molecule has 1 aromatic heterocycles. The van der Waals surface area contributed by atoms with Crippen molar-refractivity contribution < 1.29 is 0 Å². The molecule has 0 aliphatic rings. The Morgan fingerprint density at radius 3 is 2.67 bits per heavy atom. The van der Waals surface area contributed by atoms with Crippen LogP contribution in [0.5, 0.6) is 0 Å². The minimum Gasteiger partial charge on any atom is -0.379 e. The van der Waals surface area contributed by atoms with Gasteiger partial charge in [0.15, 0.2) is 0 Å². The Kier molecular flexibility index (Phi) is 4.15. The lowest BCUT2D eigenvalue weighted by Crippen LogP contribution is -2.38. The second kappa shape index (κ2) is 5.85. The standard InChI is InChI=1S/C14H13ClN4O2/c1-18-8-10(13(20)19(2)14(18)21)7-17-12-4-3-9(6-16)5-11(12)15/h3-5,8,17H,7H2,1-2H3. The molecule has 21 heavy (non-hydrogen) atoms. The maximum atomic E-state index is 12.0. The number of anilines is 1. The van der Waals surface area contributed by atoms with Crippen molar-refractivity contribution >= 4 is 17.3 Å². The quantitative estimate of drug-likeness (QED) is 0.924. The van der Waals surface area contributed by atoms with Crippen LogP contribution in [0.4, 0.5) is 5.69 Å². The highest BCUT2D eigenvalue weighted by Crippen LogP contribution is 2.22. The summed E-state index contributed by atoms with van der Waals surface area (Å²) in [6.45, 7) is 0.229. The number of aromatic nitrogens is 2. The van der Waals surface area contributed by atoms with E-state index in [2.05, 4.69) is 5.32 Å². The minimum absolute atomic E-state index is 0.229. The Bertz CT molecular complexity index is 846. The Labute approximate surface area is 125 Å². The SMILES string of the molecule is Cn1cc(CNc2ccc(C#N)cc2Cl)c(=O)n(C)c1=O. The topological polar surface area (TPSA) is 79.8 Å². The van der Waals surface area contributed by atoms with Crippen molar-refractivity contribution in [2.75, 3.05) is 5.32 Å². The van der Waals surface area contributed by atoms with Crippen LogP contribution in [-0.4, -0.2) is 9.13 Å². The molecule has 1 heterocycles. The smallest absolute Gasteiger partial charge is 0.330 e. The number of halogens is 1. The van der Waals surface area contributed by atoms with Crippen molar-refractivity contribution in [2.45, 2.75) is 6.54 Å². The summed E-state index contributed by atoms with van der Waals surface area (Å²) in [4.78, 5) is 23.6. The molecule has 0 radical (unpaired) electrons. The van der Waals surface area contributed by atoms with Crippen molar-refractivity contribution in [3.63, 3.8) is 0 Å². The summed E-state index contributed by atoms with van der Waals surface area (Å²) in [5, 5.41) is 12.2. The molecule has 2 rings (SSSR count). The van der Waals surface area contributed by atoms with Crippen LogP contribution in [0.2, 0.25) is 5.02 Å². The molecule has 0 bridgehead atoms. The Balaban J connectivity index is 2.27. The van der Waals surface area contributed by atoms with E-state index in [4.69, 9.17) is 16.9 Å². The molecule has 0 atom stereocenters. The lowest BCUT2D eigenvalue weighted by molar-refractivity contribution is 0.671. The highest BCUT2D eigenvalue weighted by atomic mass is 35.5. The maximum absolute atomic E-state index is 12.0. The van der Waals surface area contributed by atoms with E-state index in [1.54, 1.807) is 25.2 Å². The van der Waals surface area contributed by atoms with Crippen molar-refractivity contribution in [3.8, 4) is 6.07 Å². The third-order valence-electron chi connectivity index (χ3n) is 3.08. The summed E-state index contributed by atoms with van der Waals surface area (Å²) in [5.74, 6) is 0. The van der Waals surface area contributed by atoms with Gasteiger partial charge in [-0.25, -0.2) is 4.79 Å². The second-order valence-corrected chi connectivity index (χ2v) is 4.98. The lowest BCUT2D eigenvalue weighted by Gasteiger charge is -2.10. The zero-order valence-electron chi connectivity index (χ0n) is 11.6. The van der Waals surface area contributed by atoms with E-state index in [0.717, 1.165) is 4.57 Å². The van der Waals surface area contributed by atoms with Crippen LogP contribution in [0.3, 0.4) is 0 Å². The van der Waals surface area contributed by atoms with Gasteiger partial charge in [-0.3, -0.25) is 9.36 Å². The van der Waals surface area contributed by atoms with Crippen LogP contribution < -0.4 is 16.6 Å². The van der Waals surface area contributed by atoms with Gasteiger partial charge in [0.2, 0.25) is 0 Å². The van der Waals surface area contributed by atoms with Gasteiger partial charge in [0, 0.05) is 26.8 Å². The van der Waals surface area contributed by atoms with Gasteiger partial charge < -0.3 is 9.88 Å². The lowest BCUT2D eigenvalue weighted by atomic mass is 10.2. The molecule has 0 saturated carbocycles. The number of benzene rings is 1. The molecule has 2 aromatic rings. The number of nitriles is 1. The molecule has 0 amide bonds. The van der Waals surface area contributed by atoms with Crippen LogP contribution >= 0.6 is 11.6 Å². The number of nitrogens with zero attached hydrogens (tertiary/aromatic N) is 3. The van der Waals surface area contributed by atoms with E-state index in [9.17, 15) is 9.59 Å². The first-order valence-electron chi connectivity index (χ1n) is 6.13. The van der Waals surface area contributed by atoms with Crippen LogP contribution in [0, 0.1) is 11.3 Å². The molecule has 0 spiro atoms. The largest absolute Gasteiger partial charge is 0.379 e. The number of hydrogen-bond acceptors (Lipinski definition) is 4. The number of aryl methyl sites for hydroxylation is 1.